The average molecular weight is 361 g/mol. The van der Waals surface area contributed by atoms with Gasteiger partial charge in [0.1, 0.15) is 5.75 Å². The largest absolute Gasteiger partial charge is 0.497 e. The van der Waals surface area contributed by atoms with Crippen molar-refractivity contribution in [1.82, 2.24) is 15.1 Å². The Hall–Kier alpha value is -2.12. The van der Waals surface area contributed by atoms with E-state index in [-0.39, 0.29) is 24.4 Å². The molecular weight excluding hydrogens is 334 g/mol. The zero-order valence-electron chi connectivity index (χ0n) is 15.3. The predicted octanol–water partition coefficient (Wildman–Crippen LogP) is 0.748. The smallest absolute Gasteiger partial charge is 0.251 e. The Morgan fingerprint density at radius 3 is 2.62 bits per heavy atom. The molecule has 1 aromatic rings. The summed E-state index contributed by atoms with van der Waals surface area (Å²) >= 11 is 0. The maximum absolute atomic E-state index is 12.6. The van der Waals surface area contributed by atoms with Crippen LogP contribution in [-0.4, -0.2) is 80.7 Å². The number of carbonyl (C=O) groups excluding carboxylic acids is 2. The normalized spacial score (nSPS) is 20.8. The molecule has 142 valence electrons. The van der Waals surface area contributed by atoms with Gasteiger partial charge < -0.3 is 19.7 Å². The van der Waals surface area contributed by atoms with E-state index in [1.54, 1.807) is 31.4 Å². The molecule has 2 saturated heterocycles. The number of benzene rings is 1. The Balaban J connectivity index is 1.48. The molecule has 26 heavy (non-hydrogen) atoms. The molecular formula is C19H27N3O4. The first-order chi connectivity index (χ1) is 12.7. The van der Waals surface area contributed by atoms with E-state index in [9.17, 15) is 9.59 Å². The van der Waals surface area contributed by atoms with Crippen LogP contribution in [-0.2, 0) is 9.53 Å². The monoisotopic (exact) mass is 361 g/mol. The number of rotatable bonds is 6. The fourth-order valence-corrected chi connectivity index (χ4v) is 3.54. The fraction of sp³-hybridized carbons (Fsp3) is 0.579. The number of carbonyl (C=O) groups is 2. The second-order valence-electron chi connectivity index (χ2n) is 6.71. The molecule has 1 atom stereocenters. The lowest BCUT2D eigenvalue weighted by atomic mass is 10.2. The minimum Gasteiger partial charge on any atom is -0.497 e. The third-order valence-corrected chi connectivity index (χ3v) is 5.02. The van der Waals surface area contributed by atoms with E-state index in [0.717, 1.165) is 52.2 Å². The molecule has 1 aromatic carbocycles. The van der Waals surface area contributed by atoms with Gasteiger partial charge in [-0.3, -0.25) is 14.5 Å². The molecule has 0 spiro atoms. The summed E-state index contributed by atoms with van der Waals surface area (Å²) in [5.41, 5.74) is 0.518. The van der Waals surface area contributed by atoms with Crippen LogP contribution in [0.2, 0.25) is 0 Å². The quantitative estimate of drug-likeness (QED) is 0.810. The Bertz CT molecular complexity index is 614. The number of hydrogen-bond donors (Lipinski definition) is 1. The molecule has 2 aliphatic rings. The van der Waals surface area contributed by atoms with Gasteiger partial charge in [0.05, 0.1) is 26.9 Å². The van der Waals surface area contributed by atoms with Crippen molar-refractivity contribution >= 4 is 11.8 Å². The Labute approximate surface area is 154 Å². The number of ether oxygens (including phenoxy) is 2. The standard InChI is InChI=1S/C19H27N3O4/c1-25-17-6-4-15(5-7-17)19(24)20-13-18(23)22-8-2-3-16(22)14-21-9-11-26-12-10-21/h4-7,16H,2-3,8-14H2,1H3,(H,20,24)/t16-/m0/s1. The second-order valence-corrected chi connectivity index (χ2v) is 6.71. The van der Waals surface area contributed by atoms with Crippen molar-refractivity contribution < 1.29 is 19.1 Å². The van der Waals surface area contributed by atoms with Crippen LogP contribution in [0, 0.1) is 0 Å². The number of methoxy groups -OCH3 is 1. The topological polar surface area (TPSA) is 71.1 Å². The molecule has 1 N–H and O–H groups in total. The zero-order valence-corrected chi connectivity index (χ0v) is 15.3. The fourth-order valence-electron chi connectivity index (χ4n) is 3.54. The summed E-state index contributed by atoms with van der Waals surface area (Å²) in [6.45, 7) is 5.06. The molecule has 0 bridgehead atoms. The summed E-state index contributed by atoms with van der Waals surface area (Å²) in [5, 5.41) is 2.73. The molecule has 2 aliphatic heterocycles. The molecule has 7 nitrogen and oxygen atoms in total. The van der Waals surface area contributed by atoms with Crippen molar-refractivity contribution in [3.8, 4) is 5.75 Å². The van der Waals surface area contributed by atoms with Crippen LogP contribution in [0.25, 0.3) is 0 Å². The highest BCUT2D eigenvalue weighted by Crippen LogP contribution is 2.19. The van der Waals surface area contributed by atoms with Crippen molar-refractivity contribution in [2.75, 3.05) is 53.0 Å². The van der Waals surface area contributed by atoms with Crippen molar-refractivity contribution in [3.63, 3.8) is 0 Å². The minimum atomic E-state index is -0.245. The zero-order chi connectivity index (χ0) is 18.4. The van der Waals surface area contributed by atoms with E-state index >= 15 is 0 Å². The molecule has 0 radical (unpaired) electrons. The van der Waals surface area contributed by atoms with E-state index in [1.807, 2.05) is 4.90 Å². The number of nitrogens with zero attached hydrogens (tertiary/aromatic N) is 2. The maximum Gasteiger partial charge on any atom is 0.251 e. The van der Waals surface area contributed by atoms with E-state index < -0.39 is 0 Å². The lowest BCUT2D eigenvalue weighted by molar-refractivity contribution is -0.131. The van der Waals surface area contributed by atoms with Crippen molar-refractivity contribution in [1.29, 1.82) is 0 Å². The summed E-state index contributed by atoms with van der Waals surface area (Å²) in [4.78, 5) is 29.1. The van der Waals surface area contributed by atoms with Gasteiger partial charge in [-0.1, -0.05) is 0 Å². The van der Waals surface area contributed by atoms with Crippen LogP contribution in [0.4, 0.5) is 0 Å². The predicted molar refractivity (Wildman–Crippen MR) is 97.3 cm³/mol. The van der Waals surface area contributed by atoms with E-state index in [1.165, 1.54) is 0 Å². The number of hydrogen-bond acceptors (Lipinski definition) is 5. The summed E-state index contributed by atoms with van der Waals surface area (Å²) in [6, 6.07) is 7.08. The molecule has 0 aliphatic carbocycles. The number of nitrogens with one attached hydrogen (secondary N) is 1. The van der Waals surface area contributed by atoms with Gasteiger partial charge in [-0.05, 0) is 37.1 Å². The van der Waals surface area contributed by atoms with Gasteiger partial charge >= 0.3 is 0 Å². The summed E-state index contributed by atoms with van der Waals surface area (Å²) < 4.78 is 10.5. The van der Waals surface area contributed by atoms with Crippen LogP contribution >= 0.6 is 0 Å². The highest BCUT2D eigenvalue weighted by molar-refractivity contribution is 5.96. The van der Waals surface area contributed by atoms with Gasteiger partial charge in [0, 0.05) is 37.8 Å². The van der Waals surface area contributed by atoms with Crippen molar-refractivity contribution in [3.05, 3.63) is 29.8 Å². The molecule has 0 aromatic heterocycles. The first-order valence-electron chi connectivity index (χ1n) is 9.19. The third kappa shape index (κ3) is 4.74. The molecule has 0 unspecified atom stereocenters. The van der Waals surface area contributed by atoms with Gasteiger partial charge in [0.15, 0.2) is 0 Å². The van der Waals surface area contributed by atoms with Gasteiger partial charge in [-0.2, -0.15) is 0 Å². The lowest BCUT2D eigenvalue weighted by Gasteiger charge is -2.33. The van der Waals surface area contributed by atoms with Crippen molar-refractivity contribution in [2.45, 2.75) is 18.9 Å². The Kier molecular flexibility index (Phi) is 6.46. The third-order valence-electron chi connectivity index (χ3n) is 5.02. The molecule has 2 heterocycles. The SMILES string of the molecule is COc1ccc(C(=O)NCC(=O)N2CCC[C@H]2CN2CCOCC2)cc1. The number of amides is 2. The number of morpholine rings is 1. The van der Waals surface area contributed by atoms with Gasteiger partial charge in [-0.15, -0.1) is 0 Å². The first kappa shape index (κ1) is 18.7. The van der Waals surface area contributed by atoms with E-state index in [4.69, 9.17) is 9.47 Å². The summed E-state index contributed by atoms with van der Waals surface area (Å²) in [7, 11) is 1.58. The van der Waals surface area contributed by atoms with Gasteiger partial charge in [0.25, 0.3) is 5.91 Å². The first-order valence-corrected chi connectivity index (χ1v) is 9.19. The summed E-state index contributed by atoms with van der Waals surface area (Å²) in [6.07, 6.45) is 2.04. The molecule has 2 amide bonds. The van der Waals surface area contributed by atoms with E-state index in [0.29, 0.717) is 11.3 Å². The van der Waals surface area contributed by atoms with Gasteiger partial charge in [-0.25, -0.2) is 0 Å². The highest BCUT2D eigenvalue weighted by Gasteiger charge is 2.30. The van der Waals surface area contributed by atoms with E-state index in [2.05, 4.69) is 10.2 Å². The second kappa shape index (κ2) is 9.00. The molecule has 7 heteroatoms. The maximum atomic E-state index is 12.6. The molecule has 2 fully saturated rings. The van der Waals surface area contributed by atoms with Crippen LogP contribution < -0.4 is 10.1 Å². The van der Waals surface area contributed by atoms with Crippen LogP contribution in [0.1, 0.15) is 23.2 Å². The summed E-state index contributed by atoms with van der Waals surface area (Å²) in [5.74, 6) is 0.438. The van der Waals surface area contributed by atoms with Gasteiger partial charge in [0.2, 0.25) is 5.91 Å². The lowest BCUT2D eigenvalue weighted by Crippen LogP contribution is -2.49. The van der Waals surface area contributed by atoms with Crippen molar-refractivity contribution in [2.24, 2.45) is 0 Å². The minimum absolute atomic E-state index is 0.0115. The Morgan fingerprint density at radius 2 is 1.92 bits per heavy atom. The molecule has 3 rings (SSSR count). The highest BCUT2D eigenvalue weighted by atomic mass is 16.5. The average Bonchev–Trinajstić information content (AvgIpc) is 3.15. The van der Waals surface area contributed by atoms with Crippen LogP contribution in [0.15, 0.2) is 24.3 Å². The van der Waals surface area contributed by atoms with Crippen LogP contribution in [0.3, 0.4) is 0 Å². The molecule has 0 saturated carbocycles. The Morgan fingerprint density at radius 1 is 1.19 bits per heavy atom. The van der Waals surface area contributed by atoms with Crippen LogP contribution in [0.5, 0.6) is 5.75 Å². The number of likely N-dealkylation sites (tertiary alicyclic amines) is 1.